The SMILES string of the molecule is CO[C@H]1O[C@H](COCc2ccccc2)[C@@H](OC[C@@H]2C=C[C@H](C[C@H]3O[C@H](OC)[C@H](OCc4ccccc4)[C@@H](OCc4ccccc4)[C@@H]3OCc3ccccc3)O2)[C@H](OCc2ccccc2)[C@H]1OCc1ccccc1. The summed E-state index contributed by atoms with van der Waals surface area (Å²) in [6.07, 6.45) is -2.51. The molecular weight excluding hydrogens is 925 g/mol. The Morgan fingerprint density at radius 1 is 0.315 bits per heavy atom. The van der Waals surface area contributed by atoms with Gasteiger partial charge in [0, 0.05) is 20.6 Å². The lowest BCUT2D eigenvalue weighted by Crippen LogP contribution is -2.62. The highest BCUT2D eigenvalue weighted by atomic mass is 16.7. The molecule has 12 atom stereocenters. The van der Waals surface area contributed by atoms with Crippen LogP contribution >= 0.6 is 0 Å². The zero-order chi connectivity index (χ0) is 49.9. The highest BCUT2D eigenvalue weighted by Crippen LogP contribution is 2.35. The number of hydrogen-bond donors (Lipinski definition) is 0. The van der Waals surface area contributed by atoms with Crippen molar-refractivity contribution >= 4 is 0 Å². The molecule has 0 aromatic heterocycles. The van der Waals surface area contributed by atoms with Crippen molar-refractivity contribution in [1.82, 2.24) is 0 Å². The fraction of sp³-hybridized carbons (Fsp3) is 0.377. The molecule has 0 N–H and O–H groups in total. The van der Waals surface area contributed by atoms with Crippen molar-refractivity contribution in [2.24, 2.45) is 0 Å². The van der Waals surface area contributed by atoms with Crippen molar-refractivity contribution in [3.8, 4) is 0 Å². The third-order valence-electron chi connectivity index (χ3n) is 13.3. The minimum Gasteiger partial charge on any atom is -0.374 e. The van der Waals surface area contributed by atoms with Gasteiger partial charge in [-0.15, -0.1) is 0 Å². The minimum absolute atomic E-state index is 0.197. The first-order chi connectivity index (χ1) is 36.1. The Hall–Kier alpha value is -5.42. The zero-order valence-corrected chi connectivity index (χ0v) is 41.7. The van der Waals surface area contributed by atoms with Crippen molar-refractivity contribution in [1.29, 1.82) is 0 Å². The molecule has 2 fully saturated rings. The lowest BCUT2D eigenvalue weighted by Gasteiger charge is -2.46. The predicted molar refractivity (Wildman–Crippen MR) is 275 cm³/mol. The van der Waals surface area contributed by atoms with Crippen molar-refractivity contribution in [3.05, 3.63) is 228 Å². The first kappa shape index (κ1) is 52.4. The van der Waals surface area contributed by atoms with Gasteiger partial charge in [-0.1, -0.05) is 194 Å². The van der Waals surface area contributed by atoms with Crippen molar-refractivity contribution in [2.75, 3.05) is 27.4 Å². The highest BCUT2D eigenvalue weighted by Gasteiger charge is 2.51. The molecule has 3 aliphatic heterocycles. The molecule has 73 heavy (non-hydrogen) atoms. The summed E-state index contributed by atoms with van der Waals surface area (Å²) in [6, 6.07) is 60.4. The average Bonchev–Trinajstić information content (AvgIpc) is 3.90. The largest absolute Gasteiger partial charge is 0.374 e. The van der Waals surface area contributed by atoms with Gasteiger partial charge in [-0.05, 0) is 33.4 Å². The van der Waals surface area contributed by atoms with Gasteiger partial charge in [0.2, 0.25) is 0 Å². The Labute approximate surface area is 429 Å². The first-order valence-electron chi connectivity index (χ1n) is 25.3. The number of methoxy groups -OCH3 is 2. The highest BCUT2D eigenvalue weighted by molar-refractivity contribution is 5.18. The molecule has 0 radical (unpaired) electrons. The quantitative estimate of drug-likeness (QED) is 0.0483. The summed E-state index contributed by atoms with van der Waals surface area (Å²) >= 11 is 0. The first-order valence-corrected chi connectivity index (χ1v) is 25.3. The molecule has 9 rings (SSSR count). The summed E-state index contributed by atoms with van der Waals surface area (Å²) in [4.78, 5) is 0. The minimum atomic E-state index is -0.769. The van der Waals surface area contributed by atoms with Crippen LogP contribution in [0.5, 0.6) is 0 Å². The number of benzene rings is 6. The molecule has 0 bridgehead atoms. The van der Waals surface area contributed by atoms with Crippen LogP contribution < -0.4 is 0 Å². The summed E-state index contributed by atoms with van der Waals surface area (Å²) in [5, 5.41) is 0. The van der Waals surface area contributed by atoms with E-state index in [1.807, 2.05) is 164 Å². The van der Waals surface area contributed by atoms with E-state index in [9.17, 15) is 0 Å². The monoisotopic (exact) mass is 992 g/mol. The molecule has 12 heteroatoms. The van der Waals surface area contributed by atoms with Gasteiger partial charge in [-0.3, -0.25) is 0 Å². The number of ether oxygens (including phenoxy) is 12. The van der Waals surface area contributed by atoms with Crippen LogP contribution in [0.25, 0.3) is 0 Å². The summed E-state index contributed by atoms with van der Waals surface area (Å²) < 4.78 is 79.7. The third kappa shape index (κ3) is 15.1. The number of rotatable bonds is 26. The van der Waals surface area contributed by atoms with Crippen LogP contribution in [-0.2, 0) is 96.5 Å². The smallest absolute Gasteiger partial charge is 0.186 e. The lowest BCUT2D eigenvalue weighted by molar-refractivity contribution is -0.324. The van der Waals surface area contributed by atoms with Gasteiger partial charge in [0.15, 0.2) is 12.6 Å². The predicted octanol–water partition coefficient (Wildman–Crippen LogP) is 9.97. The van der Waals surface area contributed by atoms with E-state index in [4.69, 9.17) is 56.8 Å². The Morgan fingerprint density at radius 2 is 0.644 bits per heavy atom. The molecule has 12 nitrogen and oxygen atoms in total. The van der Waals surface area contributed by atoms with Crippen LogP contribution in [-0.4, -0.2) is 101 Å². The Morgan fingerprint density at radius 3 is 1.04 bits per heavy atom. The fourth-order valence-electron chi connectivity index (χ4n) is 9.52. The Balaban J connectivity index is 0.932. The second-order valence-electron chi connectivity index (χ2n) is 18.5. The Kier molecular flexibility index (Phi) is 19.9. The van der Waals surface area contributed by atoms with Crippen LogP contribution in [0.2, 0.25) is 0 Å². The molecule has 0 unspecified atom stereocenters. The van der Waals surface area contributed by atoms with Gasteiger partial charge < -0.3 is 56.8 Å². The molecule has 0 spiro atoms. The Bertz CT molecular complexity index is 2470. The van der Waals surface area contributed by atoms with Gasteiger partial charge in [0.1, 0.15) is 42.7 Å². The third-order valence-corrected chi connectivity index (χ3v) is 13.3. The van der Waals surface area contributed by atoms with E-state index in [-0.39, 0.29) is 19.3 Å². The molecule has 0 aliphatic carbocycles. The van der Waals surface area contributed by atoms with E-state index < -0.39 is 67.5 Å². The maximum Gasteiger partial charge on any atom is 0.186 e. The van der Waals surface area contributed by atoms with Crippen LogP contribution in [0.1, 0.15) is 39.8 Å². The summed E-state index contributed by atoms with van der Waals surface area (Å²) in [5.74, 6) is 0. The van der Waals surface area contributed by atoms with Crippen LogP contribution in [0.15, 0.2) is 194 Å². The zero-order valence-electron chi connectivity index (χ0n) is 41.7. The maximum absolute atomic E-state index is 6.95. The molecule has 3 heterocycles. The second-order valence-corrected chi connectivity index (χ2v) is 18.5. The standard InChI is InChI=1S/C61H68O12/c1-62-60-58(68-40-48-29-17-7-18-30-48)56(66-38-46-25-13-5-14-26-46)54(65-37-45-23-11-4-12-24-45)52(72-60)35-50-33-34-51(71-50)42-70-55-53(43-64-36-44-21-9-3-10-22-44)73-61(63-2)59(69-41-49-31-19-8-20-32-49)57(55)67-39-47-27-15-6-16-28-47/h3-34,50-61H,35-43H2,1-2H3/t50-,51+,52-,53-,54-,55-,56+,57+,58-,59-,60+,61+/m1/s1. The molecule has 6 aromatic carbocycles. The van der Waals surface area contributed by atoms with E-state index >= 15 is 0 Å². The van der Waals surface area contributed by atoms with Crippen LogP contribution in [0, 0.1) is 0 Å². The van der Waals surface area contributed by atoms with Crippen molar-refractivity contribution in [3.63, 3.8) is 0 Å². The molecular formula is C61H68O12. The van der Waals surface area contributed by atoms with E-state index in [0.717, 1.165) is 33.4 Å². The van der Waals surface area contributed by atoms with E-state index in [1.54, 1.807) is 14.2 Å². The van der Waals surface area contributed by atoms with Gasteiger partial charge in [0.05, 0.1) is 71.2 Å². The summed E-state index contributed by atoms with van der Waals surface area (Å²) in [5.41, 5.74) is 6.15. The van der Waals surface area contributed by atoms with Gasteiger partial charge in [0.25, 0.3) is 0 Å². The van der Waals surface area contributed by atoms with Crippen LogP contribution in [0.3, 0.4) is 0 Å². The molecule has 384 valence electrons. The normalized spacial score (nSPS) is 27.0. The average molecular weight is 993 g/mol. The molecule has 6 aromatic rings. The van der Waals surface area contributed by atoms with Crippen molar-refractivity contribution in [2.45, 2.75) is 120 Å². The topological polar surface area (TPSA) is 111 Å². The number of hydrogen-bond acceptors (Lipinski definition) is 12. The molecule has 0 saturated carbocycles. The molecule has 3 aliphatic rings. The lowest BCUT2D eigenvalue weighted by atomic mass is 9.94. The van der Waals surface area contributed by atoms with Gasteiger partial charge >= 0.3 is 0 Å². The molecule has 2 saturated heterocycles. The second kappa shape index (κ2) is 27.8. The van der Waals surface area contributed by atoms with E-state index in [0.29, 0.717) is 46.1 Å². The van der Waals surface area contributed by atoms with Gasteiger partial charge in [-0.25, -0.2) is 0 Å². The molecule has 0 amide bonds. The fourth-order valence-corrected chi connectivity index (χ4v) is 9.52. The maximum atomic E-state index is 6.95. The van der Waals surface area contributed by atoms with Crippen molar-refractivity contribution < 1.29 is 56.8 Å². The summed E-state index contributed by atoms with van der Waals surface area (Å²) in [7, 11) is 3.26. The van der Waals surface area contributed by atoms with E-state index in [2.05, 4.69) is 30.3 Å². The summed E-state index contributed by atoms with van der Waals surface area (Å²) in [6.45, 7) is 2.46. The van der Waals surface area contributed by atoms with Crippen LogP contribution in [0.4, 0.5) is 0 Å². The van der Waals surface area contributed by atoms with E-state index in [1.165, 1.54) is 0 Å². The van der Waals surface area contributed by atoms with Gasteiger partial charge in [-0.2, -0.15) is 0 Å².